The fourth-order valence-electron chi connectivity index (χ4n) is 4.45. The number of ether oxygens (including phenoxy) is 1. The second-order valence-electron chi connectivity index (χ2n) is 7.30. The van der Waals surface area contributed by atoms with E-state index in [1.807, 2.05) is 6.07 Å². The van der Waals surface area contributed by atoms with Crippen molar-refractivity contribution in [3.05, 3.63) is 65.4 Å². The van der Waals surface area contributed by atoms with Gasteiger partial charge in [0.1, 0.15) is 11.4 Å². The number of rotatable bonds is 1. The molecule has 0 bridgehead atoms. The maximum Gasteiger partial charge on any atom is 0.255 e. The SMILES string of the molecule is O=C(c1cncc(F)c1)N1CCC2(CC1)OCCc1c2[nH]c2ccccc12. The molecule has 5 rings (SSSR count). The molecule has 0 aliphatic carbocycles. The van der Waals surface area contributed by atoms with Crippen LogP contribution in [-0.2, 0) is 16.8 Å². The van der Waals surface area contributed by atoms with Gasteiger partial charge in [0.05, 0.1) is 24.1 Å². The van der Waals surface area contributed by atoms with E-state index in [1.165, 1.54) is 23.2 Å². The number of halogens is 1. The average Bonchev–Trinajstić information content (AvgIpc) is 3.09. The fourth-order valence-corrected chi connectivity index (χ4v) is 4.45. The number of piperidine rings is 1. The number of aromatic amines is 1. The molecule has 5 nitrogen and oxygen atoms in total. The Kier molecular flexibility index (Phi) is 3.75. The van der Waals surface area contributed by atoms with Gasteiger partial charge in [0.25, 0.3) is 5.91 Å². The summed E-state index contributed by atoms with van der Waals surface area (Å²) in [7, 11) is 0. The Hall–Kier alpha value is -2.73. The molecule has 6 heteroatoms. The zero-order chi connectivity index (χ0) is 18.4. The van der Waals surface area contributed by atoms with Crippen LogP contribution in [0.3, 0.4) is 0 Å². The lowest BCUT2D eigenvalue weighted by Gasteiger charge is -2.43. The third-order valence-electron chi connectivity index (χ3n) is 5.81. The van der Waals surface area contributed by atoms with Gasteiger partial charge in [0.2, 0.25) is 0 Å². The van der Waals surface area contributed by atoms with Crippen molar-refractivity contribution in [3.8, 4) is 0 Å². The molecular weight excluding hydrogens is 345 g/mol. The van der Waals surface area contributed by atoms with Crippen LogP contribution in [0.25, 0.3) is 10.9 Å². The summed E-state index contributed by atoms with van der Waals surface area (Å²) in [6.45, 7) is 1.84. The Labute approximate surface area is 156 Å². The summed E-state index contributed by atoms with van der Waals surface area (Å²) in [6.07, 6.45) is 4.87. The monoisotopic (exact) mass is 365 g/mol. The van der Waals surface area contributed by atoms with Crippen molar-refractivity contribution in [1.82, 2.24) is 14.9 Å². The molecule has 1 saturated heterocycles. The fraction of sp³-hybridized carbons (Fsp3) is 0.333. The molecule has 1 fully saturated rings. The molecule has 0 atom stereocenters. The largest absolute Gasteiger partial charge is 0.368 e. The normalized spacial score (nSPS) is 18.6. The molecule has 4 heterocycles. The van der Waals surface area contributed by atoms with Crippen LogP contribution in [-0.4, -0.2) is 40.5 Å². The summed E-state index contributed by atoms with van der Waals surface area (Å²) >= 11 is 0. The molecule has 1 N–H and O–H groups in total. The molecule has 1 amide bonds. The lowest BCUT2D eigenvalue weighted by molar-refractivity contribution is -0.0957. The minimum absolute atomic E-state index is 0.176. The summed E-state index contributed by atoms with van der Waals surface area (Å²) in [5, 5.41) is 1.26. The summed E-state index contributed by atoms with van der Waals surface area (Å²) in [5.41, 5.74) is 3.56. The zero-order valence-electron chi connectivity index (χ0n) is 14.9. The Morgan fingerprint density at radius 2 is 2.04 bits per heavy atom. The molecule has 2 aliphatic rings. The molecule has 2 aromatic heterocycles. The lowest BCUT2D eigenvalue weighted by atomic mass is 9.83. The summed E-state index contributed by atoms with van der Waals surface area (Å²) in [4.78, 5) is 21.8. The highest BCUT2D eigenvalue weighted by Crippen LogP contribution is 2.43. The molecule has 0 saturated carbocycles. The predicted octanol–water partition coefficient (Wildman–Crippen LogP) is 3.41. The molecule has 0 unspecified atom stereocenters. The van der Waals surface area contributed by atoms with Gasteiger partial charge in [0.15, 0.2) is 0 Å². The summed E-state index contributed by atoms with van der Waals surface area (Å²) < 4.78 is 19.7. The van der Waals surface area contributed by atoms with Crippen molar-refractivity contribution in [2.75, 3.05) is 19.7 Å². The molecule has 138 valence electrons. The Morgan fingerprint density at radius 3 is 2.85 bits per heavy atom. The van der Waals surface area contributed by atoms with Crippen LogP contribution in [0.4, 0.5) is 4.39 Å². The Bertz CT molecular complexity index is 1020. The van der Waals surface area contributed by atoms with E-state index in [1.54, 1.807) is 4.90 Å². The number of pyridine rings is 1. The number of likely N-dealkylation sites (tertiary alicyclic amines) is 1. The van der Waals surface area contributed by atoms with E-state index in [-0.39, 0.29) is 11.5 Å². The van der Waals surface area contributed by atoms with Gasteiger partial charge in [-0.25, -0.2) is 4.39 Å². The number of aromatic nitrogens is 2. The van der Waals surface area contributed by atoms with E-state index in [9.17, 15) is 9.18 Å². The first-order valence-corrected chi connectivity index (χ1v) is 9.30. The summed E-state index contributed by atoms with van der Waals surface area (Å²) in [5.74, 6) is -0.669. The van der Waals surface area contributed by atoms with Gasteiger partial charge in [-0.3, -0.25) is 9.78 Å². The molecule has 2 aliphatic heterocycles. The van der Waals surface area contributed by atoms with Crippen LogP contribution in [0.2, 0.25) is 0 Å². The van der Waals surface area contributed by atoms with Crippen molar-refractivity contribution < 1.29 is 13.9 Å². The van der Waals surface area contributed by atoms with E-state index in [2.05, 4.69) is 28.2 Å². The van der Waals surface area contributed by atoms with Crippen LogP contribution < -0.4 is 0 Å². The average molecular weight is 365 g/mol. The third kappa shape index (κ3) is 2.63. The number of carbonyl (C=O) groups is 1. The molecule has 3 aromatic rings. The standard InChI is InChI=1S/C21H20FN3O2/c22-15-11-14(12-23-13-15)20(26)25-8-6-21(7-9-25)19-17(5-10-27-21)16-3-1-2-4-18(16)24-19/h1-4,11-13,24H,5-10H2. The number of hydrogen-bond donors (Lipinski definition) is 1. The second-order valence-corrected chi connectivity index (χ2v) is 7.30. The van der Waals surface area contributed by atoms with Gasteiger partial charge in [-0.1, -0.05) is 18.2 Å². The smallest absolute Gasteiger partial charge is 0.255 e. The molecule has 1 spiro atoms. The maximum absolute atomic E-state index is 13.4. The van der Waals surface area contributed by atoms with Crippen molar-refractivity contribution >= 4 is 16.8 Å². The number of benzene rings is 1. The Balaban J connectivity index is 1.41. The summed E-state index contributed by atoms with van der Waals surface area (Å²) in [6, 6.07) is 9.59. The number of fused-ring (bicyclic) bond motifs is 4. The van der Waals surface area contributed by atoms with Crippen LogP contribution >= 0.6 is 0 Å². The molecule has 1 aromatic carbocycles. The maximum atomic E-state index is 13.4. The molecule has 0 radical (unpaired) electrons. The highest BCUT2D eigenvalue weighted by Gasteiger charge is 2.43. The first-order valence-electron chi connectivity index (χ1n) is 9.30. The van der Waals surface area contributed by atoms with Crippen LogP contribution in [0.5, 0.6) is 0 Å². The topological polar surface area (TPSA) is 58.2 Å². The number of nitrogens with one attached hydrogen (secondary N) is 1. The number of amides is 1. The first-order chi connectivity index (χ1) is 13.2. The van der Waals surface area contributed by atoms with Gasteiger partial charge in [0, 0.05) is 30.2 Å². The van der Waals surface area contributed by atoms with Crippen molar-refractivity contribution in [2.24, 2.45) is 0 Å². The first kappa shape index (κ1) is 16.4. The number of H-pyrrole nitrogens is 1. The van der Waals surface area contributed by atoms with E-state index in [0.29, 0.717) is 25.3 Å². The van der Waals surface area contributed by atoms with Crippen molar-refractivity contribution in [2.45, 2.75) is 24.9 Å². The number of carbonyl (C=O) groups excluding carboxylic acids is 1. The number of para-hydroxylation sites is 1. The third-order valence-corrected chi connectivity index (χ3v) is 5.81. The highest BCUT2D eigenvalue weighted by molar-refractivity contribution is 5.94. The van der Waals surface area contributed by atoms with E-state index in [4.69, 9.17) is 4.74 Å². The van der Waals surface area contributed by atoms with Crippen molar-refractivity contribution in [3.63, 3.8) is 0 Å². The Morgan fingerprint density at radius 1 is 1.22 bits per heavy atom. The van der Waals surface area contributed by atoms with Gasteiger partial charge in [-0.15, -0.1) is 0 Å². The zero-order valence-corrected chi connectivity index (χ0v) is 14.9. The minimum atomic E-state index is -0.493. The van der Waals surface area contributed by atoms with Crippen LogP contribution in [0, 0.1) is 5.82 Å². The van der Waals surface area contributed by atoms with E-state index in [0.717, 1.165) is 36.7 Å². The lowest BCUT2D eigenvalue weighted by Crippen LogP contribution is -2.48. The second kappa shape index (κ2) is 6.16. The van der Waals surface area contributed by atoms with E-state index < -0.39 is 5.82 Å². The minimum Gasteiger partial charge on any atom is -0.368 e. The van der Waals surface area contributed by atoms with Gasteiger partial charge >= 0.3 is 0 Å². The van der Waals surface area contributed by atoms with Crippen molar-refractivity contribution in [1.29, 1.82) is 0 Å². The van der Waals surface area contributed by atoms with Crippen LogP contribution in [0.15, 0.2) is 42.7 Å². The quantitative estimate of drug-likeness (QED) is 0.719. The molecule has 27 heavy (non-hydrogen) atoms. The van der Waals surface area contributed by atoms with Gasteiger partial charge in [-0.05, 0) is 37.0 Å². The van der Waals surface area contributed by atoms with Gasteiger partial charge in [-0.2, -0.15) is 0 Å². The number of nitrogens with zero attached hydrogens (tertiary/aromatic N) is 2. The predicted molar refractivity (Wildman–Crippen MR) is 99.0 cm³/mol. The van der Waals surface area contributed by atoms with Gasteiger partial charge < -0.3 is 14.6 Å². The van der Waals surface area contributed by atoms with Crippen LogP contribution in [0.1, 0.15) is 34.5 Å². The number of hydrogen-bond acceptors (Lipinski definition) is 3. The molecular formula is C21H20FN3O2. The van der Waals surface area contributed by atoms with E-state index >= 15 is 0 Å². The highest BCUT2D eigenvalue weighted by atomic mass is 19.1.